The average molecular weight is 323 g/mol. The largest absolute Gasteiger partial charge is 0.497 e. The van der Waals surface area contributed by atoms with Crippen molar-refractivity contribution in [3.8, 4) is 11.5 Å². The number of benzene rings is 2. The Kier molecular flexibility index (Phi) is 4.89. The fraction of sp³-hybridized carbons (Fsp3) is 0.105. The molecule has 0 aliphatic rings. The zero-order valence-electron chi connectivity index (χ0n) is 13.1. The highest BCUT2D eigenvalue weighted by Crippen LogP contribution is 2.34. The van der Waals surface area contributed by atoms with Gasteiger partial charge in [-0.15, -0.1) is 0 Å². The van der Waals surface area contributed by atoms with E-state index in [1.165, 1.54) is 15.9 Å². The molecule has 0 radical (unpaired) electrons. The van der Waals surface area contributed by atoms with Crippen molar-refractivity contribution in [3.05, 3.63) is 73.1 Å². The number of nitrogens with zero attached hydrogens (tertiary/aromatic N) is 1. The van der Waals surface area contributed by atoms with Crippen LogP contribution in [0.5, 0.6) is 11.5 Å². The van der Waals surface area contributed by atoms with Gasteiger partial charge >= 0.3 is 0 Å². The van der Waals surface area contributed by atoms with Gasteiger partial charge in [0.2, 0.25) is 0 Å². The number of hydrogen-bond acceptors (Lipinski definition) is 3. The normalized spacial score (nSPS) is 10.6. The molecule has 1 aromatic heterocycles. The highest BCUT2D eigenvalue weighted by Gasteiger charge is 2.17. The van der Waals surface area contributed by atoms with Crippen molar-refractivity contribution in [2.24, 2.45) is 0 Å². The lowest BCUT2D eigenvalue weighted by Crippen LogP contribution is -2.20. The molecule has 1 heterocycles. The zero-order chi connectivity index (χ0) is 16.1. The Morgan fingerprint density at radius 1 is 0.696 bits per heavy atom. The summed E-state index contributed by atoms with van der Waals surface area (Å²) in [6.45, 7) is 0. The number of methoxy groups -OCH3 is 2. The zero-order valence-corrected chi connectivity index (χ0v) is 14.0. The summed E-state index contributed by atoms with van der Waals surface area (Å²) in [5.41, 5.74) is 0. The monoisotopic (exact) mass is 323 g/mol. The van der Waals surface area contributed by atoms with Gasteiger partial charge in [-0.25, -0.2) is 0 Å². The molecule has 3 nitrogen and oxygen atoms in total. The Bertz CT molecular complexity index is 730. The molecule has 0 aliphatic heterocycles. The van der Waals surface area contributed by atoms with E-state index in [-0.39, 0.29) is 0 Å². The van der Waals surface area contributed by atoms with Gasteiger partial charge in [0.25, 0.3) is 0 Å². The number of rotatable bonds is 5. The van der Waals surface area contributed by atoms with E-state index in [0.29, 0.717) is 0 Å². The minimum Gasteiger partial charge on any atom is -0.497 e. The molecule has 23 heavy (non-hydrogen) atoms. The summed E-state index contributed by atoms with van der Waals surface area (Å²) in [6, 6.07) is 20.6. The molecule has 3 aromatic rings. The predicted octanol–water partition coefficient (Wildman–Crippen LogP) is 2.86. The van der Waals surface area contributed by atoms with Crippen LogP contribution in [0.25, 0.3) is 0 Å². The summed E-state index contributed by atoms with van der Waals surface area (Å²) < 4.78 is 10.8. The van der Waals surface area contributed by atoms with Crippen LogP contribution in [0.4, 0.5) is 0 Å². The Morgan fingerprint density at radius 2 is 1.22 bits per heavy atom. The van der Waals surface area contributed by atoms with Crippen LogP contribution in [0.15, 0.2) is 73.1 Å². The summed E-state index contributed by atoms with van der Waals surface area (Å²) in [6.07, 6.45) is 3.68. The molecule has 0 unspecified atom stereocenters. The van der Waals surface area contributed by atoms with Gasteiger partial charge in [-0.1, -0.05) is 24.3 Å². The lowest BCUT2D eigenvalue weighted by Gasteiger charge is -2.20. The molecule has 0 fully saturated rings. The Hall–Kier alpha value is -2.38. The molecule has 116 valence electrons. The van der Waals surface area contributed by atoms with E-state index in [9.17, 15) is 0 Å². The van der Waals surface area contributed by atoms with Crippen LogP contribution in [0, 0.1) is 0 Å². The van der Waals surface area contributed by atoms with Gasteiger partial charge in [-0.3, -0.25) is 4.98 Å². The van der Waals surface area contributed by atoms with Crippen LogP contribution >= 0.6 is 7.92 Å². The quantitative estimate of drug-likeness (QED) is 0.677. The summed E-state index contributed by atoms with van der Waals surface area (Å²) in [5.74, 6) is 1.74. The van der Waals surface area contributed by atoms with Gasteiger partial charge in [0, 0.05) is 12.4 Å². The molecule has 3 rings (SSSR count). The van der Waals surface area contributed by atoms with Gasteiger partial charge in [-0.2, -0.15) is 0 Å². The minimum absolute atomic E-state index is 0.690. The number of ether oxygens (including phenoxy) is 2. The third-order valence-electron chi connectivity index (χ3n) is 3.54. The molecule has 0 saturated carbocycles. The van der Waals surface area contributed by atoms with Crippen molar-refractivity contribution in [1.82, 2.24) is 4.98 Å². The van der Waals surface area contributed by atoms with E-state index in [1.807, 2.05) is 36.7 Å². The molecular weight excluding hydrogens is 305 g/mol. The maximum atomic E-state index is 5.39. The standard InChI is InChI=1S/C19H18NO2P/c1-21-15-5-3-7-18(13-15)23(17-9-11-20-12-10-17)19-8-4-6-16(14-19)22-2/h3-14H,1-2H3. The Labute approximate surface area is 137 Å². The van der Waals surface area contributed by atoms with Crippen molar-refractivity contribution < 1.29 is 9.47 Å². The summed E-state index contributed by atoms with van der Waals surface area (Å²) in [4.78, 5) is 4.14. The molecule has 0 saturated heterocycles. The highest BCUT2D eigenvalue weighted by molar-refractivity contribution is 7.79. The second-order valence-corrected chi connectivity index (χ2v) is 7.16. The molecule has 4 heteroatoms. The Balaban J connectivity index is 2.13. The first-order valence-electron chi connectivity index (χ1n) is 7.30. The third-order valence-corrected chi connectivity index (χ3v) is 5.95. The van der Waals surface area contributed by atoms with Gasteiger partial charge in [0.05, 0.1) is 14.2 Å². The second-order valence-electron chi connectivity index (χ2n) is 4.94. The fourth-order valence-corrected chi connectivity index (χ4v) is 4.75. The first kappa shape index (κ1) is 15.5. The van der Waals surface area contributed by atoms with E-state index in [2.05, 4.69) is 41.4 Å². The highest BCUT2D eigenvalue weighted by atomic mass is 31.1. The van der Waals surface area contributed by atoms with Crippen molar-refractivity contribution in [1.29, 1.82) is 0 Å². The Morgan fingerprint density at radius 3 is 1.70 bits per heavy atom. The smallest absolute Gasteiger partial charge is 0.119 e. The SMILES string of the molecule is COc1cccc(P(c2ccncc2)c2cccc(OC)c2)c1. The van der Waals surface area contributed by atoms with Crippen LogP contribution in [0.1, 0.15) is 0 Å². The van der Waals surface area contributed by atoms with Crippen LogP contribution in [0.2, 0.25) is 0 Å². The maximum absolute atomic E-state index is 5.39. The first-order chi connectivity index (χ1) is 11.3. The molecule has 0 N–H and O–H groups in total. The van der Waals surface area contributed by atoms with E-state index in [4.69, 9.17) is 9.47 Å². The number of pyridine rings is 1. The van der Waals surface area contributed by atoms with E-state index < -0.39 is 7.92 Å². The van der Waals surface area contributed by atoms with E-state index >= 15 is 0 Å². The summed E-state index contributed by atoms with van der Waals surface area (Å²) in [5, 5.41) is 3.72. The topological polar surface area (TPSA) is 31.4 Å². The lowest BCUT2D eigenvalue weighted by molar-refractivity contribution is 0.415. The molecule has 0 aliphatic carbocycles. The van der Waals surface area contributed by atoms with Gasteiger partial charge in [0.1, 0.15) is 11.5 Å². The third kappa shape index (κ3) is 3.52. The van der Waals surface area contributed by atoms with Crippen molar-refractivity contribution >= 4 is 23.8 Å². The maximum Gasteiger partial charge on any atom is 0.119 e. The van der Waals surface area contributed by atoms with Crippen molar-refractivity contribution in [2.75, 3.05) is 14.2 Å². The number of aromatic nitrogens is 1. The first-order valence-corrected chi connectivity index (χ1v) is 8.64. The molecule has 2 aromatic carbocycles. The van der Waals surface area contributed by atoms with Crippen molar-refractivity contribution in [2.45, 2.75) is 0 Å². The van der Waals surface area contributed by atoms with Crippen LogP contribution in [-0.2, 0) is 0 Å². The molecule has 0 amide bonds. The van der Waals surface area contributed by atoms with Crippen LogP contribution in [0.3, 0.4) is 0 Å². The molecule has 0 spiro atoms. The van der Waals surface area contributed by atoms with E-state index in [0.717, 1.165) is 11.5 Å². The predicted molar refractivity (Wildman–Crippen MR) is 96.0 cm³/mol. The molecular formula is C19H18NO2P. The fourth-order valence-electron chi connectivity index (χ4n) is 2.44. The van der Waals surface area contributed by atoms with Gasteiger partial charge < -0.3 is 9.47 Å². The summed E-state index contributed by atoms with van der Waals surface area (Å²) in [7, 11) is 2.70. The van der Waals surface area contributed by atoms with Gasteiger partial charge in [-0.05, 0) is 60.2 Å². The van der Waals surface area contributed by atoms with Crippen molar-refractivity contribution in [3.63, 3.8) is 0 Å². The molecule has 0 atom stereocenters. The minimum atomic E-state index is -0.690. The second kappa shape index (κ2) is 7.26. The van der Waals surface area contributed by atoms with Crippen LogP contribution < -0.4 is 25.4 Å². The average Bonchev–Trinajstić information content (AvgIpc) is 2.63. The lowest BCUT2D eigenvalue weighted by atomic mass is 10.3. The van der Waals surface area contributed by atoms with Crippen LogP contribution in [-0.4, -0.2) is 19.2 Å². The van der Waals surface area contributed by atoms with Gasteiger partial charge in [0.15, 0.2) is 0 Å². The number of hydrogen-bond donors (Lipinski definition) is 0. The molecule has 0 bridgehead atoms. The summed E-state index contributed by atoms with van der Waals surface area (Å²) >= 11 is 0. The van der Waals surface area contributed by atoms with E-state index in [1.54, 1.807) is 14.2 Å².